The van der Waals surface area contributed by atoms with E-state index in [-0.39, 0.29) is 5.66 Å². The maximum absolute atomic E-state index is 3.45. The monoisotopic (exact) mass is 170 g/mol. The van der Waals surface area contributed by atoms with Crippen molar-refractivity contribution in [2.75, 3.05) is 20.1 Å². The van der Waals surface area contributed by atoms with Crippen LogP contribution in [0.15, 0.2) is 0 Å². The summed E-state index contributed by atoms with van der Waals surface area (Å²) < 4.78 is 0. The Morgan fingerprint density at radius 1 is 1.25 bits per heavy atom. The van der Waals surface area contributed by atoms with E-state index in [4.69, 9.17) is 0 Å². The van der Waals surface area contributed by atoms with Gasteiger partial charge >= 0.3 is 0 Å². The van der Waals surface area contributed by atoms with Crippen LogP contribution in [0.25, 0.3) is 0 Å². The van der Waals surface area contributed by atoms with Crippen molar-refractivity contribution in [1.29, 1.82) is 0 Å². The summed E-state index contributed by atoms with van der Waals surface area (Å²) in [4.78, 5) is 2.57. The van der Waals surface area contributed by atoms with Gasteiger partial charge in [-0.2, -0.15) is 0 Å². The summed E-state index contributed by atoms with van der Waals surface area (Å²) in [6.07, 6.45) is 2.73. The van der Waals surface area contributed by atoms with Gasteiger partial charge in [0.05, 0.1) is 5.66 Å². The molecule has 1 atom stereocenters. The van der Waals surface area contributed by atoms with E-state index in [1.54, 1.807) is 0 Å². The van der Waals surface area contributed by atoms with Crippen LogP contribution < -0.4 is 5.32 Å². The highest BCUT2D eigenvalue weighted by molar-refractivity contribution is 4.87. The molecule has 12 heavy (non-hydrogen) atoms. The normalized spacial score (nSPS) is 24.8. The third kappa shape index (κ3) is 1.64. The van der Waals surface area contributed by atoms with Gasteiger partial charge in [0.15, 0.2) is 0 Å². The lowest BCUT2D eigenvalue weighted by atomic mass is 9.96. The van der Waals surface area contributed by atoms with Gasteiger partial charge in [-0.15, -0.1) is 0 Å². The fourth-order valence-electron chi connectivity index (χ4n) is 1.99. The Morgan fingerprint density at radius 3 is 2.08 bits per heavy atom. The van der Waals surface area contributed by atoms with Gasteiger partial charge in [-0.25, -0.2) is 0 Å². The third-order valence-electron chi connectivity index (χ3n) is 3.39. The molecule has 0 aromatic heterocycles. The van der Waals surface area contributed by atoms with E-state index in [9.17, 15) is 0 Å². The molecule has 2 heteroatoms. The summed E-state index contributed by atoms with van der Waals surface area (Å²) in [5, 5.41) is 3.45. The highest BCUT2D eigenvalue weighted by atomic mass is 15.3. The van der Waals surface area contributed by atoms with Crippen molar-refractivity contribution in [2.45, 2.75) is 39.3 Å². The molecule has 72 valence electrons. The number of likely N-dealkylation sites (tertiary alicyclic amines) is 1. The highest BCUT2D eigenvalue weighted by Crippen LogP contribution is 2.25. The van der Waals surface area contributed by atoms with E-state index in [0.717, 1.165) is 0 Å². The van der Waals surface area contributed by atoms with Crippen LogP contribution in [0, 0.1) is 5.92 Å². The molecule has 1 aliphatic heterocycles. The molecular formula is C10H22N2. The van der Waals surface area contributed by atoms with Gasteiger partial charge in [-0.1, -0.05) is 13.8 Å². The van der Waals surface area contributed by atoms with Crippen molar-refractivity contribution in [2.24, 2.45) is 5.92 Å². The largest absolute Gasteiger partial charge is 0.302 e. The molecule has 0 aromatic rings. The number of hydrogen-bond donors (Lipinski definition) is 1. The molecule has 0 spiro atoms. The number of nitrogens with zero attached hydrogens (tertiary/aromatic N) is 1. The Morgan fingerprint density at radius 2 is 1.75 bits per heavy atom. The molecule has 1 unspecified atom stereocenters. The van der Waals surface area contributed by atoms with Crippen LogP contribution in [-0.4, -0.2) is 30.7 Å². The van der Waals surface area contributed by atoms with Gasteiger partial charge in [0, 0.05) is 0 Å². The topological polar surface area (TPSA) is 15.3 Å². The summed E-state index contributed by atoms with van der Waals surface area (Å²) in [5.41, 5.74) is 0.205. The van der Waals surface area contributed by atoms with Crippen LogP contribution in [0.3, 0.4) is 0 Å². The number of nitrogens with one attached hydrogen (secondary N) is 1. The van der Waals surface area contributed by atoms with Crippen LogP contribution in [-0.2, 0) is 0 Å². The Balaban J connectivity index is 2.64. The van der Waals surface area contributed by atoms with Gasteiger partial charge in [-0.3, -0.25) is 4.90 Å². The van der Waals surface area contributed by atoms with Crippen molar-refractivity contribution >= 4 is 0 Å². The van der Waals surface area contributed by atoms with Gasteiger partial charge < -0.3 is 5.32 Å². The Hall–Kier alpha value is -0.0800. The zero-order valence-electron chi connectivity index (χ0n) is 8.85. The first-order valence-electron chi connectivity index (χ1n) is 5.05. The lowest BCUT2D eigenvalue weighted by molar-refractivity contribution is 0.0579. The van der Waals surface area contributed by atoms with E-state index in [2.05, 4.69) is 38.0 Å². The minimum absolute atomic E-state index is 0.205. The second kappa shape index (κ2) is 3.75. The summed E-state index contributed by atoms with van der Waals surface area (Å²) in [7, 11) is 2.07. The molecule has 0 aliphatic carbocycles. The number of hydrogen-bond acceptors (Lipinski definition) is 2. The van der Waals surface area contributed by atoms with Crippen molar-refractivity contribution in [1.82, 2.24) is 10.2 Å². The van der Waals surface area contributed by atoms with Crippen LogP contribution in [0.4, 0.5) is 0 Å². The molecule has 1 fully saturated rings. The summed E-state index contributed by atoms with van der Waals surface area (Å²) >= 11 is 0. The van der Waals surface area contributed by atoms with Crippen molar-refractivity contribution in [3.05, 3.63) is 0 Å². The first-order chi connectivity index (χ1) is 5.61. The Bertz CT molecular complexity index is 139. The van der Waals surface area contributed by atoms with Crippen LogP contribution in [0.1, 0.15) is 33.6 Å². The smallest absolute Gasteiger partial charge is 0.0704 e. The number of rotatable bonds is 3. The van der Waals surface area contributed by atoms with E-state index in [0.29, 0.717) is 5.92 Å². The molecule has 1 heterocycles. The Labute approximate surface area is 76.3 Å². The van der Waals surface area contributed by atoms with Gasteiger partial charge in [-0.05, 0) is 45.8 Å². The van der Waals surface area contributed by atoms with Gasteiger partial charge in [0.2, 0.25) is 0 Å². The van der Waals surface area contributed by atoms with E-state index < -0.39 is 0 Å². The van der Waals surface area contributed by atoms with Gasteiger partial charge in [0.1, 0.15) is 0 Å². The molecule has 0 bridgehead atoms. The first-order valence-corrected chi connectivity index (χ1v) is 5.05. The molecule has 0 radical (unpaired) electrons. The molecule has 0 saturated carbocycles. The molecule has 2 nitrogen and oxygen atoms in total. The van der Waals surface area contributed by atoms with Crippen molar-refractivity contribution in [3.8, 4) is 0 Å². The van der Waals surface area contributed by atoms with E-state index >= 15 is 0 Å². The van der Waals surface area contributed by atoms with E-state index in [1.165, 1.54) is 25.9 Å². The lowest BCUT2D eigenvalue weighted by Gasteiger charge is -2.42. The van der Waals surface area contributed by atoms with Crippen LogP contribution in [0.5, 0.6) is 0 Å². The minimum Gasteiger partial charge on any atom is -0.302 e. The summed E-state index contributed by atoms with van der Waals surface area (Å²) in [6, 6.07) is 0. The molecule has 0 amide bonds. The molecule has 1 saturated heterocycles. The second-order valence-electron chi connectivity index (χ2n) is 4.25. The Kier molecular flexibility index (Phi) is 3.13. The maximum atomic E-state index is 3.45. The third-order valence-corrected chi connectivity index (χ3v) is 3.39. The van der Waals surface area contributed by atoms with E-state index in [1.807, 2.05) is 0 Å². The molecular weight excluding hydrogens is 148 g/mol. The standard InChI is InChI=1S/C10H22N2/c1-9(2)10(3,11-4)12-7-5-6-8-12/h9,11H,5-8H2,1-4H3. The lowest BCUT2D eigenvalue weighted by Crippen LogP contribution is -2.57. The van der Waals surface area contributed by atoms with Crippen LogP contribution in [0.2, 0.25) is 0 Å². The molecule has 0 aromatic carbocycles. The SMILES string of the molecule is CNC(C)(C(C)C)N1CCCC1. The minimum atomic E-state index is 0.205. The summed E-state index contributed by atoms with van der Waals surface area (Å²) in [6.45, 7) is 9.40. The van der Waals surface area contributed by atoms with Crippen molar-refractivity contribution in [3.63, 3.8) is 0 Å². The highest BCUT2D eigenvalue weighted by Gasteiger charge is 2.34. The van der Waals surface area contributed by atoms with Gasteiger partial charge in [0.25, 0.3) is 0 Å². The quantitative estimate of drug-likeness (QED) is 0.693. The predicted molar refractivity (Wildman–Crippen MR) is 53.1 cm³/mol. The fourth-order valence-corrected chi connectivity index (χ4v) is 1.99. The molecule has 1 rings (SSSR count). The average molecular weight is 170 g/mol. The zero-order chi connectivity index (χ0) is 9.19. The first kappa shape index (κ1) is 10.0. The second-order valence-corrected chi connectivity index (χ2v) is 4.25. The summed E-state index contributed by atoms with van der Waals surface area (Å²) in [5.74, 6) is 0.667. The molecule has 1 N–H and O–H groups in total. The maximum Gasteiger partial charge on any atom is 0.0704 e. The molecule has 1 aliphatic rings. The van der Waals surface area contributed by atoms with Crippen molar-refractivity contribution < 1.29 is 0 Å². The fraction of sp³-hybridized carbons (Fsp3) is 1.00. The zero-order valence-corrected chi connectivity index (χ0v) is 8.85. The predicted octanol–water partition coefficient (Wildman–Crippen LogP) is 1.67. The average Bonchev–Trinajstić information content (AvgIpc) is 2.54. The van der Waals surface area contributed by atoms with Crippen LogP contribution >= 0.6 is 0 Å².